The molecule has 0 saturated heterocycles. The van der Waals surface area contributed by atoms with Crippen LogP contribution < -0.4 is 10.6 Å². The normalized spacial score (nSPS) is 14.4. The van der Waals surface area contributed by atoms with E-state index >= 15 is 0 Å². The summed E-state index contributed by atoms with van der Waals surface area (Å²) in [7, 11) is 0. The van der Waals surface area contributed by atoms with Gasteiger partial charge in [-0.3, -0.25) is 9.59 Å². The largest absolute Gasteiger partial charge is 0.481 e. The number of carbonyl (C=O) groups is 3. The van der Waals surface area contributed by atoms with Gasteiger partial charge in [0.25, 0.3) is 0 Å². The Balaban J connectivity index is 1.63. The predicted molar refractivity (Wildman–Crippen MR) is 132 cm³/mol. The zero-order chi connectivity index (χ0) is 25.6. The van der Waals surface area contributed by atoms with Crippen LogP contribution in [-0.4, -0.2) is 54.5 Å². The number of alkyl carbamates (subject to hydrolysis) is 1. The van der Waals surface area contributed by atoms with Gasteiger partial charge in [-0.1, -0.05) is 55.5 Å². The molecule has 3 rings (SSSR count). The molecule has 0 spiro atoms. The number of rotatable bonds is 10. The summed E-state index contributed by atoms with van der Waals surface area (Å²) >= 11 is 0. The number of benzene rings is 2. The van der Waals surface area contributed by atoms with Gasteiger partial charge in [0.05, 0.1) is 12.2 Å². The third kappa shape index (κ3) is 7.29. The van der Waals surface area contributed by atoms with E-state index in [1.54, 1.807) is 6.92 Å². The number of fused-ring (bicyclic) bond motifs is 3. The Kier molecular flexibility index (Phi) is 8.51. The smallest absolute Gasteiger partial charge is 0.407 e. The highest BCUT2D eigenvalue weighted by atomic mass is 16.5. The lowest BCUT2D eigenvalue weighted by atomic mass is 9.98. The van der Waals surface area contributed by atoms with E-state index in [0.717, 1.165) is 22.3 Å². The summed E-state index contributed by atoms with van der Waals surface area (Å²) in [6.45, 7) is 7.53. The van der Waals surface area contributed by atoms with Gasteiger partial charge >= 0.3 is 12.1 Å². The summed E-state index contributed by atoms with van der Waals surface area (Å²) in [5.74, 6) is -1.74. The Morgan fingerprint density at radius 2 is 1.57 bits per heavy atom. The lowest BCUT2D eigenvalue weighted by Crippen LogP contribution is -2.51. The topological polar surface area (TPSA) is 114 Å². The Morgan fingerprint density at radius 3 is 2.11 bits per heavy atom. The third-order valence-electron chi connectivity index (χ3n) is 5.78. The first-order valence-electron chi connectivity index (χ1n) is 11.8. The minimum Gasteiger partial charge on any atom is -0.481 e. The van der Waals surface area contributed by atoms with E-state index in [1.165, 1.54) is 0 Å². The van der Waals surface area contributed by atoms with E-state index in [2.05, 4.69) is 22.8 Å². The molecule has 2 aromatic rings. The number of aliphatic carboxylic acids is 1. The molecule has 0 saturated carbocycles. The number of carbonyl (C=O) groups excluding carboxylic acids is 2. The number of nitrogens with one attached hydrogen (secondary N) is 2. The SMILES string of the molecule is CC(CNC(=O)[C@H](COC(C)(C)C)NC(=O)OCC1c2ccccc2-c2ccccc21)CC(=O)O. The summed E-state index contributed by atoms with van der Waals surface area (Å²) in [6, 6.07) is 15.1. The Morgan fingerprint density at radius 1 is 1.00 bits per heavy atom. The van der Waals surface area contributed by atoms with Gasteiger partial charge < -0.3 is 25.2 Å². The van der Waals surface area contributed by atoms with Crippen molar-refractivity contribution in [2.24, 2.45) is 5.92 Å². The fourth-order valence-electron chi connectivity index (χ4n) is 4.07. The molecular formula is C27H34N2O6. The summed E-state index contributed by atoms with van der Waals surface area (Å²) in [4.78, 5) is 36.3. The maximum absolute atomic E-state index is 12.8. The molecule has 1 aliphatic rings. The van der Waals surface area contributed by atoms with Crippen molar-refractivity contribution in [3.8, 4) is 11.1 Å². The maximum Gasteiger partial charge on any atom is 0.407 e. The average molecular weight is 483 g/mol. The van der Waals surface area contributed by atoms with Crippen LogP contribution in [0.1, 0.15) is 51.2 Å². The molecule has 3 N–H and O–H groups in total. The van der Waals surface area contributed by atoms with Crippen LogP contribution in [0.5, 0.6) is 0 Å². The van der Waals surface area contributed by atoms with Crippen molar-refractivity contribution < 1.29 is 29.0 Å². The van der Waals surface area contributed by atoms with Crippen molar-refractivity contribution in [2.45, 2.75) is 51.7 Å². The van der Waals surface area contributed by atoms with Crippen LogP contribution in [0.2, 0.25) is 0 Å². The monoisotopic (exact) mass is 482 g/mol. The van der Waals surface area contributed by atoms with E-state index in [4.69, 9.17) is 14.6 Å². The molecule has 0 aliphatic heterocycles. The molecule has 2 amide bonds. The van der Waals surface area contributed by atoms with Crippen LogP contribution in [0, 0.1) is 5.92 Å². The Bertz CT molecular complexity index is 1020. The van der Waals surface area contributed by atoms with E-state index < -0.39 is 29.6 Å². The lowest BCUT2D eigenvalue weighted by Gasteiger charge is -2.25. The van der Waals surface area contributed by atoms with Gasteiger partial charge in [0.1, 0.15) is 12.6 Å². The number of carboxylic acids is 1. The first-order valence-corrected chi connectivity index (χ1v) is 11.8. The number of carboxylic acid groups (broad SMARTS) is 1. The molecule has 2 aromatic carbocycles. The fraction of sp³-hybridized carbons (Fsp3) is 0.444. The molecule has 35 heavy (non-hydrogen) atoms. The van der Waals surface area contributed by atoms with Crippen molar-refractivity contribution in [2.75, 3.05) is 19.8 Å². The molecule has 2 atom stereocenters. The maximum atomic E-state index is 12.8. The number of hydrogen-bond acceptors (Lipinski definition) is 5. The van der Waals surface area contributed by atoms with Crippen molar-refractivity contribution in [1.82, 2.24) is 10.6 Å². The van der Waals surface area contributed by atoms with Gasteiger partial charge in [-0.05, 0) is 48.9 Å². The van der Waals surface area contributed by atoms with Gasteiger partial charge in [-0.2, -0.15) is 0 Å². The molecule has 1 aliphatic carbocycles. The highest BCUT2D eigenvalue weighted by molar-refractivity contribution is 5.86. The van der Waals surface area contributed by atoms with Crippen molar-refractivity contribution in [3.05, 3.63) is 59.7 Å². The quantitative estimate of drug-likeness (QED) is 0.473. The van der Waals surface area contributed by atoms with Gasteiger partial charge in [-0.25, -0.2) is 4.79 Å². The second-order valence-corrected chi connectivity index (χ2v) is 9.89. The first-order chi connectivity index (χ1) is 16.5. The molecule has 0 radical (unpaired) electrons. The lowest BCUT2D eigenvalue weighted by molar-refractivity contribution is -0.138. The first kappa shape index (κ1) is 26.2. The molecular weight excluding hydrogens is 448 g/mol. The second-order valence-electron chi connectivity index (χ2n) is 9.89. The van der Waals surface area contributed by atoms with Crippen LogP contribution in [0.25, 0.3) is 11.1 Å². The van der Waals surface area contributed by atoms with E-state index in [9.17, 15) is 14.4 Å². The average Bonchev–Trinajstić information content (AvgIpc) is 3.11. The number of hydrogen-bond donors (Lipinski definition) is 3. The molecule has 0 bridgehead atoms. The van der Waals surface area contributed by atoms with Gasteiger partial charge in [0, 0.05) is 18.9 Å². The molecule has 8 nitrogen and oxygen atoms in total. The Labute approximate surface area is 206 Å². The van der Waals surface area contributed by atoms with Crippen LogP contribution in [0.4, 0.5) is 4.79 Å². The van der Waals surface area contributed by atoms with Crippen LogP contribution in [0.3, 0.4) is 0 Å². The van der Waals surface area contributed by atoms with Crippen molar-refractivity contribution >= 4 is 18.0 Å². The van der Waals surface area contributed by atoms with E-state index in [-0.39, 0.29) is 38.0 Å². The molecule has 1 unspecified atom stereocenters. The highest BCUT2D eigenvalue weighted by Gasteiger charge is 2.30. The van der Waals surface area contributed by atoms with Crippen molar-refractivity contribution in [1.29, 1.82) is 0 Å². The van der Waals surface area contributed by atoms with Crippen LogP contribution >= 0.6 is 0 Å². The fourth-order valence-corrected chi connectivity index (χ4v) is 4.07. The minimum absolute atomic E-state index is 0.0488. The van der Waals surface area contributed by atoms with Gasteiger partial charge in [0.2, 0.25) is 5.91 Å². The third-order valence-corrected chi connectivity index (χ3v) is 5.78. The van der Waals surface area contributed by atoms with Crippen LogP contribution in [0.15, 0.2) is 48.5 Å². The van der Waals surface area contributed by atoms with E-state index in [1.807, 2.05) is 57.2 Å². The summed E-state index contributed by atoms with van der Waals surface area (Å²) < 4.78 is 11.3. The predicted octanol–water partition coefficient (Wildman–Crippen LogP) is 3.94. The molecule has 188 valence electrons. The minimum atomic E-state index is -0.984. The summed E-state index contributed by atoms with van der Waals surface area (Å²) in [5.41, 5.74) is 3.93. The Hall–Kier alpha value is -3.39. The second kappa shape index (κ2) is 11.4. The zero-order valence-electron chi connectivity index (χ0n) is 20.7. The summed E-state index contributed by atoms with van der Waals surface area (Å²) in [5, 5.41) is 14.2. The molecule has 0 aromatic heterocycles. The van der Waals surface area contributed by atoms with Crippen LogP contribution in [-0.2, 0) is 19.1 Å². The number of amides is 2. The van der Waals surface area contributed by atoms with Gasteiger partial charge in [0.15, 0.2) is 0 Å². The zero-order valence-corrected chi connectivity index (χ0v) is 20.7. The van der Waals surface area contributed by atoms with E-state index in [0.29, 0.717) is 0 Å². The standard InChI is InChI=1S/C27H34N2O6/c1-17(13-24(30)31)14-28-25(32)23(16-35-27(2,3)4)29-26(33)34-15-22-20-11-7-5-9-18(20)19-10-6-8-12-21(19)22/h5-12,17,22-23H,13-16H2,1-4H3,(H,28,32)(H,29,33)(H,30,31)/t17?,23-/m0/s1. The molecule has 8 heteroatoms. The number of ether oxygens (including phenoxy) is 2. The summed E-state index contributed by atoms with van der Waals surface area (Å²) in [6.07, 6.45) is -0.786. The van der Waals surface area contributed by atoms with Gasteiger partial charge in [-0.15, -0.1) is 0 Å². The molecule has 0 fully saturated rings. The van der Waals surface area contributed by atoms with Crippen molar-refractivity contribution in [3.63, 3.8) is 0 Å². The molecule has 0 heterocycles. The highest BCUT2D eigenvalue weighted by Crippen LogP contribution is 2.44.